The van der Waals surface area contributed by atoms with Crippen LogP contribution >= 0.6 is 0 Å². The average molecular weight is 492 g/mol. The van der Waals surface area contributed by atoms with Gasteiger partial charge >= 0.3 is 0 Å². The maximum Gasteiger partial charge on any atom is 0.246 e. The molecule has 0 unspecified atom stereocenters. The first-order chi connectivity index (χ1) is 16.3. The molecule has 0 aromatic heterocycles. The second kappa shape index (κ2) is 10.1. The number of benzene rings is 2. The van der Waals surface area contributed by atoms with E-state index in [9.17, 15) is 22.4 Å². The van der Waals surface area contributed by atoms with Crippen LogP contribution in [0.3, 0.4) is 0 Å². The van der Waals surface area contributed by atoms with Crippen LogP contribution in [0.25, 0.3) is 0 Å². The van der Waals surface area contributed by atoms with Crippen molar-refractivity contribution in [3.8, 4) is 5.75 Å². The van der Waals surface area contributed by atoms with Gasteiger partial charge in [-0.3, -0.25) is 9.59 Å². The first kappa shape index (κ1) is 24.1. The van der Waals surface area contributed by atoms with E-state index >= 15 is 0 Å². The van der Waals surface area contributed by atoms with Crippen molar-refractivity contribution < 1.29 is 31.9 Å². The fourth-order valence-corrected chi connectivity index (χ4v) is 5.47. The Balaban J connectivity index is 1.45. The minimum Gasteiger partial charge on any atom is -0.494 e. The zero-order valence-electron chi connectivity index (χ0n) is 18.7. The highest BCUT2D eigenvalue weighted by atomic mass is 32.2. The molecule has 0 aliphatic carbocycles. The fourth-order valence-electron chi connectivity index (χ4n) is 3.97. The summed E-state index contributed by atoms with van der Waals surface area (Å²) in [7, 11) is -4.08. The third-order valence-corrected chi connectivity index (χ3v) is 7.66. The molecular formula is C23H26FN3O6S. The minimum absolute atomic E-state index is 0.0131. The van der Waals surface area contributed by atoms with E-state index in [1.54, 1.807) is 24.3 Å². The molecule has 2 fully saturated rings. The molecule has 2 saturated heterocycles. The van der Waals surface area contributed by atoms with Gasteiger partial charge in [-0.1, -0.05) is 0 Å². The quantitative estimate of drug-likeness (QED) is 0.637. The zero-order valence-corrected chi connectivity index (χ0v) is 19.5. The number of ether oxygens (including phenoxy) is 2. The van der Waals surface area contributed by atoms with Crippen LogP contribution in [0, 0.1) is 11.7 Å². The Bertz CT molecular complexity index is 1170. The molecule has 2 aromatic rings. The molecule has 1 atom stereocenters. The molecule has 9 nitrogen and oxygen atoms in total. The summed E-state index contributed by atoms with van der Waals surface area (Å²) in [6, 6.07) is 10.4. The second-order valence-electron chi connectivity index (χ2n) is 7.98. The number of nitrogens with one attached hydrogen (secondary N) is 1. The number of rotatable bonds is 7. The van der Waals surface area contributed by atoms with Crippen molar-refractivity contribution in [1.29, 1.82) is 0 Å². The van der Waals surface area contributed by atoms with Crippen molar-refractivity contribution in [3.05, 3.63) is 48.3 Å². The largest absolute Gasteiger partial charge is 0.494 e. The molecule has 0 spiro atoms. The number of carbonyl (C=O) groups excluding carboxylic acids is 2. The normalized spacial score (nSPS) is 19.3. The second-order valence-corrected chi connectivity index (χ2v) is 9.89. The Hall–Kier alpha value is -3.02. The highest BCUT2D eigenvalue weighted by molar-refractivity contribution is 7.89. The van der Waals surface area contributed by atoms with Crippen LogP contribution in [0.2, 0.25) is 0 Å². The lowest BCUT2D eigenvalue weighted by molar-refractivity contribution is -0.122. The van der Waals surface area contributed by atoms with Crippen LogP contribution in [0.4, 0.5) is 15.8 Å². The first-order valence-electron chi connectivity index (χ1n) is 11.0. The van der Waals surface area contributed by atoms with Crippen LogP contribution in [0.15, 0.2) is 47.4 Å². The summed E-state index contributed by atoms with van der Waals surface area (Å²) in [4.78, 5) is 26.4. The summed E-state index contributed by atoms with van der Waals surface area (Å²) in [5, 5.41) is 2.63. The van der Waals surface area contributed by atoms with Crippen molar-refractivity contribution in [2.75, 3.05) is 49.7 Å². The lowest BCUT2D eigenvalue weighted by Gasteiger charge is -2.26. The number of amides is 2. The van der Waals surface area contributed by atoms with Gasteiger partial charge in [0.25, 0.3) is 0 Å². The Kier molecular flexibility index (Phi) is 7.15. The van der Waals surface area contributed by atoms with E-state index in [1.165, 1.54) is 11.0 Å². The minimum atomic E-state index is -4.08. The van der Waals surface area contributed by atoms with Gasteiger partial charge in [-0.05, 0) is 49.4 Å². The number of nitrogens with zero attached hydrogens (tertiary/aromatic N) is 2. The predicted molar refractivity (Wildman–Crippen MR) is 123 cm³/mol. The van der Waals surface area contributed by atoms with Crippen molar-refractivity contribution in [2.45, 2.75) is 18.2 Å². The summed E-state index contributed by atoms with van der Waals surface area (Å²) < 4.78 is 51.9. The monoisotopic (exact) mass is 491 g/mol. The van der Waals surface area contributed by atoms with E-state index < -0.39 is 32.6 Å². The van der Waals surface area contributed by atoms with Gasteiger partial charge in [-0.2, -0.15) is 4.31 Å². The van der Waals surface area contributed by atoms with Gasteiger partial charge < -0.3 is 19.7 Å². The van der Waals surface area contributed by atoms with Gasteiger partial charge in [-0.15, -0.1) is 0 Å². The van der Waals surface area contributed by atoms with E-state index in [-0.39, 0.29) is 50.9 Å². The van der Waals surface area contributed by atoms with Gasteiger partial charge in [0, 0.05) is 37.4 Å². The molecule has 2 aromatic carbocycles. The highest BCUT2D eigenvalue weighted by Gasteiger charge is 2.35. The number of halogens is 1. The standard InChI is InChI=1S/C23H26FN3O6S/c1-2-33-19-6-4-18(5-7-19)27-15-16(13-22(27)28)23(29)25-17-3-8-20(24)21(14-17)34(30,31)26-9-11-32-12-10-26/h3-8,14,16H,2,9-13,15H2,1H3,(H,25,29)/t16-/m0/s1. The molecule has 11 heteroatoms. The molecule has 2 aliphatic rings. The molecule has 4 rings (SSSR count). The Morgan fingerprint density at radius 3 is 2.56 bits per heavy atom. The molecule has 34 heavy (non-hydrogen) atoms. The number of sulfonamides is 1. The topological polar surface area (TPSA) is 105 Å². The molecule has 2 aliphatic heterocycles. The lowest BCUT2D eigenvalue weighted by Crippen LogP contribution is -2.40. The van der Waals surface area contributed by atoms with Gasteiger partial charge in [-0.25, -0.2) is 12.8 Å². The number of morpholine rings is 1. The molecule has 2 amide bonds. The third-order valence-electron chi connectivity index (χ3n) is 5.74. The average Bonchev–Trinajstić information content (AvgIpc) is 3.23. The summed E-state index contributed by atoms with van der Waals surface area (Å²) in [5.74, 6) is -1.49. The number of hydrogen-bond acceptors (Lipinski definition) is 6. The maximum absolute atomic E-state index is 14.4. The van der Waals surface area contributed by atoms with Gasteiger partial charge in [0.05, 0.1) is 25.7 Å². The van der Waals surface area contributed by atoms with E-state index in [4.69, 9.17) is 9.47 Å². The van der Waals surface area contributed by atoms with E-state index in [0.717, 1.165) is 16.4 Å². The van der Waals surface area contributed by atoms with Gasteiger partial charge in [0.2, 0.25) is 21.8 Å². The first-order valence-corrected chi connectivity index (χ1v) is 12.4. The highest BCUT2D eigenvalue weighted by Crippen LogP contribution is 2.29. The summed E-state index contributed by atoms with van der Waals surface area (Å²) in [6.45, 7) is 3.31. The van der Waals surface area contributed by atoms with Crippen LogP contribution in [0.5, 0.6) is 5.75 Å². The van der Waals surface area contributed by atoms with E-state index in [0.29, 0.717) is 18.0 Å². The van der Waals surface area contributed by atoms with E-state index in [2.05, 4.69) is 5.32 Å². The third kappa shape index (κ3) is 5.06. The number of hydrogen-bond donors (Lipinski definition) is 1. The van der Waals surface area contributed by atoms with E-state index in [1.807, 2.05) is 6.92 Å². The van der Waals surface area contributed by atoms with Crippen molar-refractivity contribution in [1.82, 2.24) is 4.31 Å². The Labute approximate surface area is 197 Å². The van der Waals surface area contributed by atoms with Crippen molar-refractivity contribution in [3.63, 3.8) is 0 Å². The van der Waals surface area contributed by atoms with Crippen LogP contribution in [-0.2, 0) is 24.3 Å². The van der Waals surface area contributed by atoms with Crippen LogP contribution in [-0.4, -0.2) is 64.0 Å². The Morgan fingerprint density at radius 2 is 1.88 bits per heavy atom. The number of carbonyl (C=O) groups is 2. The maximum atomic E-state index is 14.4. The molecule has 0 saturated carbocycles. The van der Waals surface area contributed by atoms with Crippen LogP contribution < -0.4 is 15.0 Å². The van der Waals surface area contributed by atoms with Crippen molar-refractivity contribution in [2.24, 2.45) is 5.92 Å². The summed E-state index contributed by atoms with van der Waals surface area (Å²) in [6.07, 6.45) is 0.0131. The molecule has 0 radical (unpaired) electrons. The Morgan fingerprint density at radius 1 is 1.18 bits per heavy atom. The van der Waals surface area contributed by atoms with Gasteiger partial charge in [0.15, 0.2) is 0 Å². The predicted octanol–water partition coefficient (Wildman–Crippen LogP) is 2.24. The lowest BCUT2D eigenvalue weighted by atomic mass is 10.1. The molecule has 182 valence electrons. The smallest absolute Gasteiger partial charge is 0.246 e. The van der Waals surface area contributed by atoms with Gasteiger partial charge in [0.1, 0.15) is 16.5 Å². The number of anilines is 2. The summed E-state index contributed by atoms with van der Waals surface area (Å²) >= 11 is 0. The summed E-state index contributed by atoms with van der Waals surface area (Å²) in [5.41, 5.74) is 0.801. The SMILES string of the molecule is CCOc1ccc(N2C[C@@H](C(=O)Nc3ccc(F)c(S(=O)(=O)N4CCOCC4)c3)CC2=O)cc1. The molecular weight excluding hydrogens is 465 g/mol. The molecule has 0 bridgehead atoms. The molecule has 1 N–H and O–H groups in total. The zero-order chi connectivity index (χ0) is 24.3. The fraction of sp³-hybridized carbons (Fsp3) is 0.391. The van der Waals surface area contributed by atoms with Crippen molar-refractivity contribution >= 4 is 33.2 Å². The van der Waals surface area contributed by atoms with Crippen LogP contribution in [0.1, 0.15) is 13.3 Å². The molecule has 2 heterocycles.